The van der Waals surface area contributed by atoms with Gasteiger partial charge in [-0.25, -0.2) is 0 Å². The van der Waals surface area contributed by atoms with Crippen molar-refractivity contribution in [2.45, 2.75) is 31.6 Å². The largest absolute Gasteiger partial charge is 0.372 e. The molecule has 4 heterocycles. The zero-order valence-electron chi connectivity index (χ0n) is 18.1. The van der Waals surface area contributed by atoms with Crippen molar-refractivity contribution in [2.24, 2.45) is 7.05 Å². The quantitative estimate of drug-likeness (QED) is 0.608. The molecule has 7 nitrogen and oxygen atoms in total. The Morgan fingerprint density at radius 2 is 1.94 bits per heavy atom. The van der Waals surface area contributed by atoms with E-state index in [0.29, 0.717) is 12.2 Å². The molecule has 1 aromatic carbocycles. The van der Waals surface area contributed by atoms with Crippen molar-refractivity contribution in [1.29, 1.82) is 0 Å². The number of likely N-dealkylation sites (tertiary alicyclic amines) is 1. The number of carbonyl (C=O) groups is 1. The van der Waals surface area contributed by atoms with Crippen LogP contribution in [0.25, 0.3) is 17.2 Å². The molecule has 2 aliphatic rings. The number of carbonyl (C=O) groups excluding carboxylic acids is 1. The first-order valence-electron chi connectivity index (χ1n) is 11.0. The second kappa shape index (κ2) is 9.06. The van der Waals surface area contributed by atoms with Crippen LogP contribution in [0.3, 0.4) is 0 Å². The first kappa shape index (κ1) is 20.6. The lowest BCUT2D eigenvalue weighted by molar-refractivity contribution is -0.111. The van der Waals surface area contributed by atoms with Gasteiger partial charge >= 0.3 is 0 Å². The third-order valence-corrected chi connectivity index (χ3v) is 6.03. The number of benzene rings is 1. The Kier molecular flexibility index (Phi) is 5.83. The zero-order chi connectivity index (χ0) is 21.9. The van der Waals surface area contributed by atoms with Crippen LogP contribution in [-0.2, 0) is 23.1 Å². The average molecular weight is 430 g/mol. The van der Waals surface area contributed by atoms with Crippen molar-refractivity contribution < 1.29 is 9.53 Å². The summed E-state index contributed by atoms with van der Waals surface area (Å²) in [7, 11) is 1.88. The van der Waals surface area contributed by atoms with Crippen LogP contribution in [0, 0.1) is 0 Å². The number of pyridine rings is 1. The molecule has 0 saturated carbocycles. The Balaban J connectivity index is 1.19. The normalized spacial score (nSPS) is 20.7. The van der Waals surface area contributed by atoms with E-state index in [9.17, 15) is 4.79 Å². The Labute approximate surface area is 187 Å². The number of rotatable bonds is 6. The van der Waals surface area contributed by atoms with Crippen LogP contribution in [0.4, 0.5) is 5.69 Å². The molecule has 1 amide bonds. The van der Waals surface area contributed by atoms with E-state index in [1.165, 1.54) is 24.5 Å². The van der Waals surface area contributed by atoms with Crippen molar-refractivity contribution in [3.05, 3.63) is 72.3 Å². The second-order valence-corrected chi connectivity index (χ2v) is 8.54. The number of morpholine rings is 1. The van der Waals surface area contributed by atoms with E-state index in [4.69, 9.17) is 4.74 Å². The maximum absolute atomic E-state index is 12.5. The zero-order valence-corrected chi connectivity index (χ0v) is 18.1. The summed E-state index contributed by atoms with van der Waals surface area (Å²) in [5.74, 6) is -0.177. The molecule has 2 unspecified atom stereocenters. The minimum absolute atomic E-state index is 0.177. The van der Waals surface area contributed by atoms with Gasteiger partial charge in [0.05, 0.1) is 18.4 Å². The van der Waals surface area contributed by atoms with E-state index < -0.39 is 0 Å². The monoisotopic (exact) mass is 429 g/mol. The van der Waals surface area contributed by atoms with Crippen LogP contribution >= 0.6 is 0 Å². The SMILES string of the molecule is Cn1cc(-c2ccncc2C=CC(=O)Nc2ccc(CN3CC4CCC(C3)O4)cc2)cn1. The Morgan fingerprint density at radius 1 is 1.16 bits per heavy atom. The maximum Gasteiger partial charge on any atom is 0.248 e. The van der Waals surface area contributed by atoms with Gasteiger partial charge < -0.3 is 10.1 Å². The van der Waals surface area contributed by atoms with Crippen molar-refractivity contribution in [2.75, 3.05) is 18.4 Å². The van der Waals surface area contributed by atoms with E-state index in [1.807, 2.05) is 31.4 Å². The first-order valence-corrected chi connectivity index (χ1v) is 11.0. The molecule has 0 radical (unpaired) electrons. The number of anilines is 1. The molecule has 1 N–H and O–H groups in total. The molecule has 32 heavy (non-hydrogen) atoms. The third kappa shape index (κ3) is 4.79. The number of ether oxygens (including phenoxy) is 1. The van der Waals surface area contributed by atoms with Crippen molar-refractivity contribution >= 4 is 17.7 Å². The molecule has 2 aliphatic heterocycles. The number of nitrogens with one attached hydrogen (secondary N) is 1. The summed E-state index contributed by atoms with van der Waals surface area (Å²) in [6.45, 7) is 2.94. The predicted octanol–water partition coefficient (Wildman–Crippen LogP) is 3.50. The summed E-state index contributed by atoms with van der Waals surface area (Å²) in [6, 6.07) is 10.0. The average Bonchev–Trinajstić information content (AvgIpc) is 3.38. The van der Waals surface area contributed by atoms with Gasteiger partial charge in [0.15, 0.2) is 0 Å². The van der Waals surface area contributed by atoms with Gasteiger partial charge in [-0.05, 0) is 48.2 Å². The minimum Gasteiger partial charge on any atom is -0.372 e. The molecule has 2 bridgehead atoms. The van der Waals surface area contributed by atoms with Crippen molar-refractivity contribution in [1.82, 2.24) is 19.7 Å². The Hall–Kier alpha value is -3.29. The molecule has 0 spiro atoms. The van der Waals surface area contributed by atoms with E-state index >= 15 is 0 Å². The van der Waals surface area contributed by atoms with E-state index in [2.05, 4.69) is 32.4 Å². The fraction of sp³-hybridized carbons (Fsp3) is 0.320. The summed E-state index contributed by atoms with van der Waals surface area (Å²) < 4.78 is 7.67. The van der Waals surface area contributed by atoms with Crippen LogP contribution in [0.5, 0.6) is 0 Å². The fourth-order valence-corrected chi connectivity index (χ4v) is 4.49. The van der Waals surface area contributed by atoms with Gasteiger partial charge in [0.25, 0.3) is 0 Å². The molecule has 2 atom stereocenters. The number of aromatic nitrogens is 3. The molecular formula is C25H27N5O2. The lowest BCUT2D eigenvalue weighted by Gasteiger charge is -2.32. The predicted molar refractivity (Wildman–Crippen MR) is 124 cm³/mol. The molecule has 0 aliphatic carbocycles. The van der Waals surface area contributed by atoms with E-state index in [-0.39, 0.29) is 5.91 Å². The summed E-state index contributed by atoms with van der Waals surface area (Å²) in [4.78, 5) is 19.1. The van der Waals surface area contributed by atoms with Gasteiger partial charge in [0, 0.05) is 68.2 Å². The highest BCUT2D eigenvalue weighted by molar-refractivity contribution is 6.02. The standard InChI is InChI=1S/C25H27N5O2/c1-29-15-20(13-27-29)24-10-11-26-12-19(24)4-9-25(31)28-21-5-2-18(3-6-21)14-30-16-22-7-8-23(17-30)32-22/h2-6,9-13,15,22-23H,7-8,14,16-17H2,1H3,(H,28,31). The Morgan fingerprint density at radius 3 is 2.66 bits per heavy atom. The number of hydrogen-bond acceptors (Lipinski definition) is 5. The summed E-state index contributed by atoms with van der Waals surface area (Å²) in [5, 5.41) is 7.16. The van der Waals surface area contributed by atoms with Crippen LogP contribution < -0.4 is 5.32 Å². The molecular weight excluding hydrogens is 402 g/mol. The summed E-state index contributed by atoms with van der Waals surface area (Å²) in [5.41, 5.74) is 4.86. The van der Waals surface area contributed by atoms with Gasteiger partial charge in [-0.15, -0.1) is 0 Å². The van der Waals surface area contributed by atoms with Gasteiger partial charge in [0.1, 0.15) is 0 Å². The lowest BCUT2D eigenvalue weighted by atomic mass is 10.0. The molecule has 2 aromatic heterocycles. The lowest BCUT2D eigenvalue weighted by Crippen LogP contribution is -2.41. The number of aryl methyl sites for hydroxylation is 1. The third-order valence-electron chi connectivity index (χ3n) is 6.03. The summed E-state index contributed by atoms with van der Waals surface area (Å²) in [6.07, 6.45) is 13.7. The highest BCUT2D eigenvalue weighted by Crippen LogP contribution is 2.27. The number of nitrogens with zero attached hydrogens (tertiary/aromatic N) is 4. The van der Waals surface area contributed by atoms with Gasteiger partial charge in [0.2, 0.25) is 5.91 Å². The summed E-state index contributed by atoms with van der Waals surface area (Å²) >= 11 is 0. The maximum atomic E-state index is 12.5. The van der Waals surface area contributed by atoms with Crippen molar-refractivity contribution in [3.63, 3.8) is 0 Å². The highest BCUT2D eigenvalue weighted by Gasteiger charge is 2.33. The topological polar surface area (TPSA) is 72.3 Å². The molecule has 2 fully saturated rings. The van der Waals surface area contributed by atoms with Crippen LogP contribution in [0.1, 0.15) is 24.0 Å². The number of amides is 1. The Bertz CT molecular complexity index is 1110. The molecule has 7 heteroatoms. The van der Waals surface area contributed by atoms with Crippen LogP contribution in [0.15, 0.2) is 61.2 Å². The van der Waals surface area contributed by atoms with Gasteiger partial charge in [-0.2, -0.15) is 5.10 Å². The van der Waals surface area contributed by atoms with Gasteiger partial charge in [-0.3, -0.25) is 19.4 Å². The molecule has 3 aromatic rings. The molecule has 164 valence electrons. The fourth-order valence-electron chi connectivity index (χ4n) is 4.49. The second-order valence-electron chi connectivity index (χ2n) is 8.54. The highest BCUT2D eigenvalue weighted by atomic mass is 16.5. The van der Waals surface area contributed by atoms with Crippen LogP contribution in [0.2, 0.25) is 0 Å². The minimum atomic E-state index is -0.177. The number of fused-ring (bicyclic) bond motifs is 2. The first-order chi connectivity index (χ1) is 15.6. The van der Waals surface area contributed by atoms with Crippen LogP contribution in [-0.4, -0.2) is 50.9 Å². The number of hydrogen-bond donors (Lipinski definition) is 1. The molecule has 5 rings (SSSR count). The van der Waals surface area contributed by atoms with Crippen molar-refractivity contribution in [3.8, 4) is 11.1 Å². The van der Waals surface area contributed by atoms with Gasteiger partial charge in [-0.1, -0.05) is 12.1 Å². The van der Waals surface area contributed by atoms with E-state index in [1.54, 1.807) is 29.3 Å². The van der Waals surface area contributed by atoms with E-state index in [0.717, 1.165) is 42.0 Å². The smallest absolute Gasteiger partial charge is 0.248 e. The molecule has 2 saturated heterocycles.